The number of nitro groups is 1. The third kappa shape index (κ3) is 4.14. The van der Waals surface area contributed by atoms with Gasteiger partial charge in [-0.3, -0.25) is 10.1 Å². The van der Waals surface area contributed by atoms with E-state index in [4.69, 9.17) is 0 Å². The predicted molar refractivity (Wildman–Crippen MR) is 79.8 cm³/mol. The number of nitrogens with zero attached hydrogens (tertiary/aromatic N) is 4. The zero-order valence-corrected chi connectivity index (χ0v) is 13.5. The van der Waals surface area contributed by atoms with Gasteiger partial charge < -0.3 is 5.32 Å². The lowest BCUT2D eigenvalue weighted by molar-refractivity contribution is -0.384. The largest absolute Gasteiger partial charge is 0.363 e. The average Bonchev–Trinajstić information content (AvgIpc) is 2.66. The van der Waals surface area contributed by atoms with E-state index >= 15 is 0 Å². The molecule has 1 aromatic rings. The summed E-state index contributed by atoms with van der Waals surface area (Å²) >= 11 is 0. The summed E-state index contributed by atoms with van der Waals surface area (Å²) in [7, 11) is 1.14. The van der Waals surface area contributed by atoms with Gasteiger partial charge in [-0.2, -0.15) is 5.10 Å². The molecule has 0 saturated heterocycles. The molecule has 120 valence electrons. The van der Waals surface area contributed by atoms with Crippen molar-refractivity contribution in [3.05, 3.63) is 15.8 Å². The van der Waals surface area contributed by atoms with Crippen molar-refractivity contribution in [1.82, 2.24) is 14.1 Å². The van der Waals surface area contributed by atoms with E-state index in [1.807, 2.05) is 6.92 Å². The molecule has 0 fully saturated rings. The van der Waals surface area contributed by atoms with Crippen LogP contribution in [-0.4, -0.2) is 53.8 Å². The van der Waals surface area contributed by atoms with E-state index in [-0.39, 0.29) is 23.8 Å². The molecule has 10 heteroatoms. The van der Waals surface area contributed by atoms with Gasteiger partial charge in [0.25, 0.3) is 0 Å². The highest BCUT2D eigenvalue weighted by Gasteiger charge is 2.26. The highest BCUT2D eigenvalue weighted by molar-refractivity contribution is 7.89. The van der Waals surface area contributed by atoms with Crippen molar-refractivity contribution >= 4 is 21.5 Å². The van der Waals surface area contributed by atoms with Gasteiger partial charge in [-0.15, -0.1) is 0 Å². The molecule has 0 bridgehead atoms. The van der Waals surface area contributed by atoms with E-state index in [0.29, 0.717) is 12.1 Å². The Hall–Kier alpha value is -1.68. The Kier molecular flexibility index (Phi) is 5.67. The van der Waals surface area contributed by atoms with Gasteiger partial charge in [0.1, 0.15) is 5.69 Å². The maximum Gasteiger partial charge on any atom is 0.333 e. The number of hydrogen-bond donors (Lipinski definition) is 1. The van der Waals surface area contributed by atoms with Gasteiger partial charge in [0.15, 0.2) is 0 Å². The number of aryl methyl sites for hydroxylation is 2. The molecule has 1 heterocycles. The Morgan fingerprint density at radius 2 is 2.05 bits per heavy atom. The molecule has 0 spiro atoms. The molecule has 0 aliphatic rings. The molecule has 0 aromatic carbocycles. The van der Waals surface area contributed by atoms with Crippen LogP contribution in [0.15, 0.2) is 0 Å². The molecule has 1 aromatic heterocycles. The highest BCUT2D eigenvalue weighted by Crippen LogP contribution is 2.28. The number of rotatable bonds is 8. The van der Waals surface area contributed by atoms with Gasteiger partial charge in [-0.25, -0.2) is 17.4 Å². The molecule has 0 atom stereocenters. The SMILES string of the molecule is CCCc1nn(C)c(NCCS(=O)(=O)N(C)C)c1[N+](=O)[O-]. The first-order valence-electron chi connectivity index (χ1n) is 6.55. The fourth-order valence-corrected chi connectivity index (χ4v) is 2.57. The summed E-state index contributed by atoms with van der Waals surface area (Å²) in [6.07, 6.45) is 1.24. The van der Waals surface area contributed by atoms with Crippen molar-refractivity contribution in [1.29, 1.82) is 0 Å². The fourth-order valence-electron chi connectivity index (χ4n) is 1.84. The monoisotopic (exact) mass is 319 g/mol. The maximum absolute atomic E-state index is 11.7. The molecular formula is C11H21N5O4S. The van der Waals surface area contributed by atoms with E-state index in [1.165, 1.54) is 18.8 Å². The smallest absolute Gasteiger partial charge is 0.333 e. The van der Waals surface area contributed by atoms with Gasteiger partial charge >= 0.3 is 5.69 Å². The summed E-state index contributed by atoms with van der Waals surface area (Å²) in [5.41, 5.74) is 0.324. The molecule has 21 heavy (non-hydrogen) atoms. The molecule has 0 aliphatic carbocycles. The third-order valence-corrected chi connectivity index (χ3v) is 4.80. The number of anilines is 1. The van der Waals surface area contributed by atoms with Crippen LogP contribution in [0.25, 0.3) is 0 Å². The van der Waals surface area contributed by atoms with Crippen molar-refractivity contribution in [3.63, 3.8) is 0 Å². The standard InChI is InChI=1S/C11H21N5O4S/c1-5-6-9-10(16(17)18)11(15(4)13-9)12-7-8-21(19,20)14(2)3/h12H,5-8H2,1-4H3. The lowest BCUT2D eigenvalue weighted by atomic mass is 10.2. The maximum atomic E-state index is 11.7. The minimum absolute atomic E-state index is 0.0758. The molecule has 1 N–H and O–H groups in total. The van der Waals surface area contributed by atoms with Crippen LogP contribution in [0.4, 0.5) is 11.5 Å². The third-order valence-electron chi connectivity index (χ3n) is 2.97. The predicted octanol–water partition coefficient (Wildman–Crippen LogP) is 0.584. The van der Waals surface area contributed by atoms with Crippen molar-refractivity contribution < 1.29 is 13.3 Å². The first-order valence-corrected chi connectivity index (χ1v) is 8.16. The van der Waals surface area contributed by atoms with Crippen LogP contribution in [0.5, 0.6) is 0 Å². The second-order valence-electron chi connectivity index (χ2n) is 4.80. The summed E-state index contributed by atoms with van der Waals surface area (Å²) in [6, 6.07) is 0. The Morgan fingerprint density at radius 3 is 2.52 bits per heavy atom. The van der Waals surface area contributed by atoms with Gasteiger partial charge in [0.05, 0.1) is 10.7 Å². The van der Waals surface area contributed by atoms with Crippen LogP contribution >= 0.6 is 0 Å². The fraction of sp³-hybridized carbons (Fsp3) is 0.727. The molecule has 9 nitrogen and oxygen atoms in total. The van der Waals surface area contributed by atoms with Crippen molar-refractivity contribution in [2.24, 2.45) is 7.05 Å². The van der Waals surface area contributed by atoms with E-state index in [1.54, 1.807) is 7.05 Å². The Bertz CT molecular complexity index is 608. The second kappa shape index (κ2) is 6.85. The number of sulfonamides is 1. The van der Waals surface area contributed by atoms with Gasteiger partial charge in [-0.1, -0.05) is 13.3 Å². The number of nitrogens with one attached hydrogen (secondary N) is 1. The molecular weight excluding hydrogens is 298 g/mol. The Balaban J connectivity index is 2.91. The number of aromatic nitrogens is 2. The Labute approximate surface area is 124 Å². The molecule has 0 radical (unpaired) electrons. The first kappa shape index (κ1) is 17.4. The molecule has 0 unspecified atom stereocenters. The summed E-state index contributed by atoms with van der Waals surface area (Å²) in [4.78, 5) is 10.7. The van der Waals surface area contributed by atoms with E-state index in [2.05, 4.69) is 10.4 Å². The molecule has 0 saturated carbocycles. The van der Waals surface area contributed by atoms with E-state index in [0.717, 1.165) is 10.7 Å². The van der Waals surface area contributed by atoms with Crippen molar-refractivity contribution in [3.8, 4) is 0 Å². The normalized spacial score (nSPS) is 11.9. The second-order valence-corrected chi connectivity index (χ2v) is 7.10. The van der Waals surface area contributed by atoms with E-state index in [9.17, 15) is 18.5 Å². The zero-order chi connectivity index (χ0) is 16.2. The quantitative estimate of drug-likeness (QED) is 0.554. The minimum Gasteiger partial charge on any atom is -0.363 e. The van der Waals surface area contributed by atoms with Crippen molar-refractivity contribution in [2.45, 2.75) is 19.8 Å². The first-order chi connectivity index (χ1) is 9.70. The average molecular weight is 319 g/mol. The van der Waals surface area contributed by atoms with Crippen LogP contribution in [0, 0.1) is 10.1 Å². The van der Waals surface area contributed by atoms with Crippen LogP contribution in [0.2, 0.25) is 0 Å². The molecule has 0 amide bonds. The topological polar surface area (TPSA) is 110 Å². The summed E-state index contributed by atoms with van der Waals surface area (Å²) in [6.45, 7) is 1.99. The van der Waals surface area contributed by atoms with E-state index < -0.39 is 14.9 Å². The summed E-state index contributed by atoms with van der Waals surface area (Å²) in [5.74, 6) is 0.0863. The van der Waals surface area contributed by atoms with Crippen LogP contribution in [0.3, 0.4) is 0 Å². The van der Waals surface area contributed by atoms with Gasteiger partial charge in [0, 0.05) is 27.7 Å². The molecule has 1 rings (SSSR count). The number of hydrogen-bond acceptors (Lipinski definition) is 6. The van der Waals surface area contributed by atoms with Crippen molar-refractivity contribution in [2.75, 3.05) is 31.7 Å². The van der Waals surface area contributed by atoms with Crippen LogP contribution < -0.4 is 5.32 Å². The van der Waals surface area contributed by atoms with Gasteiger partial charge in [-0.05, 0) is 6.42 Å². The highest BCUT2D eigenvalue weighted by atomic mass is 32.2. The van der Waals surface area contributed by atoms with Crippen LogP contribution in [-0.2, 0) is 23.5 Å². The minimum atomic E-state index is -3.35. The molecule has 0 aliphatic heterocycles. The summed E-state index contributed by atoms with van der Waals surface area (Å²) in [5, 5.41) is 18.1. The van der Waals surface area contributed by atoms with Crippen LogP contribution in [0.1, 0.15) is 19.0 Å². The lowest BCUT2D eigenvalue weighted by Crippen LogP contribution is -2.28. The van der Waals surface area contributed by atoms with Gasteiger partial charge in [0.2, 0.25) is 15.8 Å². The summed E-state index contributed by atoms with van der Waals surface area (Å²) < 4.78 is 25.8. The zero-order valence-electron chi connectivity index (χ0n) is 12.7. The lowest BCUT2D eigenvalue weighted by Gasteiger charge is -2.11. The Morgan fingerprint density at radius 1 is 1.43 bits per heavy atom.